The highest BCUT2D eigenvalue weighted by Gasteiger charge is 2.20. The molecule has 0 spiro atoms. The van der Waals surface area contributed by atoms with Crippen LogP contribution >= 0.6 is 0 Å². The molecule has 2 N–H and O–H groups in total. The van der Waals surface area contributed by atoms with Crippen molar-refractivity contribution < 1.29 is 8.42 Å². The van der Waals surface area contributed by atoms with Crippen molar-refractivity contribution in [3.05, 3.63) is 0 Å². The van der Waals surface area contributed by atoms with Crippen LogP contribution in [0.5, 0.6) is 0 Å². The lowest BCUT2D eigenvalue weighted by Crippen LogP contribution is -2.49. The summed E-state index contributed by atoms with van der Waals surface area (Å²) < 4.78 is 22.5. The van der Waals surface area contributed by atoms with E-state index in [0.717, 1.165) is 57.8 Å². The Morgan fingerprint density at radius 3 is 2.33 bits per heavy atom. The molecule has 1 aliphatic heterocycles. The van der Waals surface area contributed by atoms with Gasteiger partial charge in [0.25, 0.3) is 0 Å². The number of likely N-dealkylation sites (tertiary alicyclic amines) is 1. The van der Waals surface area contributed by atoms with E-state index >= 15 is 0 Å². The van der Waals surface area contributed by atoms with Crippen LogP contribution in [-0.4, -0.2) is 70.1 Å². The zero-order valence-corrected chi connectivity index (χ0v) is 16.7. The van der Waals surface area contributed by atoms with Gasteiger partial charge in [0.2, 0.25) is 0 Å². The van der Waals surface area contributed by atoms with Gasteiger partial charge in [-0.2, -0.15) is 0 Å². The van der Waals surface area contributed by atoms with Crippen LogP contribution in [0.2, 0.25) is 0 Å². The minimum absolute atomic E-state index is 0.255. The van der Waals surface area contributed by atoms with Gasteiger partial charge in [-0.05, 0) is 25.7 Å². The zero-order valence-electron chi connectivity index (χ0n) is 15.8. The zero-order chi connectivity index (χ0) is 18.0. The fourth-order valence-electron chi connectivity index (χ4n) is 2.88. The summed E-state index contributed by atoms with van der Waals surface area (Å²) in [5.41, 5.74) is 0. The third kappa shape index (κ3) is 8.87. The molecule has 142 valence electrons. The summed E-state index contributed by atoms with van der Waals surface area (Å²) in [6, 6.07) is 0.416. The van der Waals surface area contributed by atoms with Gasteiger partial charge in [-0.1, -0.05) is 26.7 Å². The molecule has 0 atom stereocenters. The molecule has 0 bridgehead atoms. The van der Waals surface area contributed by atoms with Crippen molar-refractivity contribution in [2.24, 2.45) is 10.9 Å². The molecule has 0 saturated carbocycles. The summed E-state index contributed by atoms with van der Waals surface area (Å²) in [4.78, 5) is 6.98. The van der Waals surface area contributed by atoms with Crippen molar-refractivity contribution in [1.82, 2.24) is 15.5 Å². The largest absolute Gasteiger partial charge is 0.357 e. The Bertz CT molecular complexity index is 467. The lowest BCUT2D eigenvalue weighted by molar-refractivity contribution is 0.216. The maximum absolute atomic E-state index is 11.3. The van der Waals surface area contributed by atoms with E-state index in [1.165, 1.54) is 6.26 Å². The van der Waals surface area contributed by atoms with E-state index in [9.17, 15) is 8.42 Å². The van der Waals surface area contributed by atoms with Gasteiger partial charge in [-0.25, -0.2) is 8.42 Å². The molecule has 1 rings (SSSR count). The third-order valence-electron chi connectivity index (χ3n) is 4.71. The predicted octanol–water partition coefficient (Wildman–Crippen LogP) is 1.49. The van der Waals surface area contributed by atoms with Crippen molar-refractivity contribution in [3.8, 4) is 0 Å². The van der Waals surface area contributed by atoms with Gasteiger partial charge in [0.1, 0.15) is 9.84 Å². The average molecular weight is 361 g/mol. The van der Waals surface area contributed by atoms with Crippen molar-refractivity contribution in [2.75, 3.05) is 44.7 Å². The second-order valence-corrected chi connectivity index (χ2v) is 9.05. The molecule has 7 heteroatoms. The number of nitrogens with zero attached hydrogens (tertiary/aromatic N) is 2. The SMILES string of the molecule is CCNC(=NCC(CC)CC)NC1CCN(CCS(C)(=O)=O)CC1. The van der Waals surface area contributed by atoms with Gasteiger partial charge in [0.15, 0.2) is 5.96 Å². The summed E-state index contributed by atoms with van der Waals surface area (Å²) in [6.07, 6.45) is 5.69. The molecule has 6 nitrogen and oxygen atoms in total. The van der Waals surface area contributed by atoms with Gasteiger partial charge in [-0.3, -0.25) is 4.99 Å². The average Bonchev–Trinajstić information content (AvgIpc) is 2.54. The maximum atomic E-state index is 11.3. The summed E-state index contributed by atoms with van der Waals surface area (Å²) in [5, 5.41) is 6.88. The highest BCUT2D eigenvalue weighted by atomic mass is 32.2. The van der Waals surface area contributed by atoms with Gasteiger partial charge in [0, 0.05) is 45.0 Å². The fraction of sp³-hybridized carbons (Fsp3) is 0.941. The Kier molecular flexibility index (Phi) is 9.66. The monoisotopic (exact) mass is 360 g/mol. The van der Waals surface area contributed by atoms with E-state index in [1.807, 2.05) is 0 Å². The molecule has 0 aromatic carbocycles. The van der Waals surface area contributed by atoms with E-state index < -0.39 is 9.84 Å². The first kappa shape index (κ1) is 21.2. The summed E-state index contributed by atoms with van der Waals surface area (Å²) in [7, 11) is -2.87. The van der Waals surface area contributed by atoms with Gasteiger partial charge >= 0.3 is 0 Å². The molecular weight excluding hydrogens is 324 g/mol. The minimum atomic E-state index is -2.87. The maximum Gasteiger partial charge on any atom is 0.191 e. The Labute approximate surface area is 148 Å². The van der Waals surface area contributed by atoms with Crippen LogP contribution in [0.15, 0.2) is 4.99 Å². The van der Waals surface area contributed by atoms with Crippen molar-refractivity contribution in [3.63, 3.8) is 0 Å². The summed E-state index contributed by atoms with van der Waals surface area (Å²) >= 11 is 0. The molecule has 0 aromatic heterocycles. The molecule has 1 fully saturated rings. The van der Waals surface area contributed by atoms with Gasteiger partial charge in [0.05, 0.1) is 5.75 Å². The fourth-order valence-corrected chi connectivity index (χ4v) is 3.47. The van der Waals surface area contributed by atoms with Crippen molar-refractivity contribution in [1.29, 1.82) is 0 Å². The van der Waals surface area contributed by atoms with Crippen molar-refractivity contribution in [2.45, 2.75) is 52.5 Å². The smallest absolute Gasteiger partial charge is 0.191 e. The molecule has 24 heavy (non-hydrogen) atoms. The lowest BCUT2D eigenvalue weighted by atomic mass is 10.0. The highest BCUT2D eigenvalue weighted by molar-refractivity contribution is 7.90. The van der Waals surface area contributed by atoms with Gasteiger partial charge < -0.3 is 15.5 Å². The van der Waals surface area contributed by atoms with Crippen LogP contribution in [0.3, 0.4) is 0 Å². The van der Waals surface area contributed by atoms with Crippen LogP contribution in [-0.2, 0) is 9.84 Å². The molecular formula is C17H36N4O2S. The number of hydrogen-bond donors (Lipinski definition) is 2. The predicted molar refractivity (Wildman–Crippen MR) is 102 cm³/mol. The first-order valence-corrected chi connectivity index (χ1v) is 11.4. The Balaban J connectivity index is 2.42. The van der Waals surface area contributed by atoms with Gasteiger partial charge in [-0.15, -0.1) is 0 Å². The van der Waals surface area contributed by atoms with Crippen LogP contribution in [0.1, 0.15) is 46.5 Å². The van der Waals surface area contributed by atoms with E-state index in [0.29, 0.717) is 18.5 Å². The first-order chi connectivity index (χ1) is 11.4. The van der Waals surface area contributed by atoms with Crippen molar-refractivity contribution >= 4 is 15.8 Å². The number of hydrogen-bond acceptors (Lipinski definition) is 4. The van der Waals surface area contributed by atoms with E-state index in [4.69, 9.17) is 4.99 Å². The molecule has 1 heterocycles. The normalized spacial score (nSPS) is 18.1. The standard InChI is InChI=1S/C17H36N4O2S/c1-5-15(6-2)14-19-17(18-7-3)20-16-8-10-21(11-9-16)12-13-24(4,22)23/h15-16H,5-14H2,1-4H3,(H2,18,19,20). The molecule has 1 saturated heterocycles. The highest BCUT2D eigenvalue weighted by Crippen LogP contribution is 2.11. The summed E-state index contributed by atoms with van der Waals surface area (Å²) in [6.45, 7) is 10.8. The number of piperidine rings is 1. The lowest BCUT2D eigenvalue weighted by Gasteiger charge is -2.33. The molecule has 1 aliphatic rings. The first-order valence-electron chi connectivity index (χ1n) is 9.32. The Morgan fingerprint density at radius 1 is 1.21 bits per heavy atom. The molecule has 0 unspecified atom stereocenters. The number of rotatable bonds is 9. The number of nitrogens with one attached hydrogen (secondary N) is 2. The molecule has 0 aliphatic carbocycles. The van der Waals surface area contributed by atoms with Crippen LogP contribution in [0.25, 0.3) is 0 Å². The third-order valence-corrected chi connectivity index (χ3v) is 5.64. The van der Waals surface area contributed by atoms with Crippen LogP contribution < -0.4 is 10.6 Å². The van der Waals surface area contributed by atoms with Crippen LogP contribution in [0.4, 0.5) is 0 Å². The molecule has 0 amide bonds. The molecule has 0 radical (unpaired) electrons. The number of guanidine groups is 1. The second-order valence-electron chi connectivity index (χ2n) is 6.79. The topological polar surface area (TPSA) is 73.8 Å². The summed E-state index contributed by atoms with van der Waals surface area (Å²) in [5.74, 6) is 1.82. The van der Waals surface area contributed by atoms with Crippen LogP contribution in [0, 0.1) is 5.92 Å². The number of aliphatic imine (C=N–C) groups is 1. The minimum Gasteiger partial charge on any atom is -0.357 e. The second kappa shape index (κ2) is 10.9. The quantitative estimate of drug-likeness (QED) is 0.481. The van der Waals surface area contributed by atoms with E-state index in [2.05, 4.69) is 36.3 Å². The molecule has 0 aromatic rings. The van der Waals surface area contributed by atoms with E-state index in [1.54, 1.807) is 0 Å². The number of sulfone groups is 1. The van der Waals surface area contributed by atoms with E-state index in [-0.39, 0.29) is 5.75 Å². The Morgan fingerprint density at radius 2 is 1.83 bits per heavy atom. The Hall–Kier alpha value is -0.820.